The number of rotatable bonds is 7. The van der Waals surface area contributed by atoms with Crippen molar-refractivity contribution < 1.29 is 17.7 Å². The number of nitrogens with zero attached hydrogens (tertiary/aromatic N) is 4. The fourth-order valence-electron chi connectivity index (χ4n) is 2.74. The van der Waals surface area contributed by atoms with E-state index < -0.39 is 9.84 Å². The highest BCUT2D eigenvalue weighted by Crippen LogP contribution is 2.18. The lowest BCUT2D eigenvalue weighted by Gasteiger charge is -2.27. The van der Waals surface area contributed by atoms with E-state index in [1.54, 1.807) is 18.7 Å². The summed E-state index contributed by atoms with van der Waals surface area (Å²) in [7, 11) is -2.96. The van der Waals surface area contributed by atoms with E-state index in [2.05, 4.69) is 15.0 Å². The van der Waals surface area contributed by atoms with Gasteiger partial charge in [-0.3, -0.25) is 4.79 Å². The molecule has 2 heterocycles. The first-order chi connectivity index (χ1) is 10.8. The van der Waals surface area contributed by atoms with Crippen LogP contribution in [0.15, 0.2) is 4.52 Å². The predicted molar refractivity (Wildman–Crippen MR) is 84.4 cm³/mol. The second-order valence-corrected chi connectivity index (χ2v) is 8.33. The van der Waals surface area contributed by atoms with Gasteiger partial charge in [0.05, 0.1) is 12.3 Å². The van der Waals surface area contributed by atoms with E-state index in [1.807, 2.05) is 0 Å². The first kappa shape index (κ1) is 17.9. The van der Waals surface area contributed by atoms with Crippen LogP contribution in [0.25, 0.3) is 0 Å². The second kappa shape index (κ2) is 7.39. The lowest BCUT2D eigenvalue weighted by atomic mass is 10.2. The molecule has 0 unspecified atom stereocenters. The summed E-state index contributed by atoms with van der Waals surface area (Å²) in [6, 6.07) is 0.0515. The first-order valence-corrected chi connectivity index (χ1v) is 9.62. The van der Waals surface area contributed by atoms with Gasteiger partial charge in [0, 0.05) is 45.3 Å². The number of likely N-dealkylation sites (tertiary alicyclic amines) is 1. The van der Waals surface area contributed by atoms with E-state index >= 15 is 0 Å². The van der Waals surface area contributed by atoms with Crippen LogP contribution in [0.1, 0.15) is 32.0 Å². The third-order valence-corrected chi connectivity index (χ3v) is 5.82. The fraction of sp³-hybridized carbons (Fsp3) is 0.786. The van der Waals surface area contributed by atoms with E-state index in [0.29, 0.717) is 31.3 Å². The summed E-state index contributed by atoms with van der Waals surface area (Å²) < 4.78 is 28.2. The Balaban J connectivity index is 1.93. The van der Waals surface area contributed by atoms with Gasteiger partial charge in [0.15, 0.2) is 15.7 Å². The molecule has 0 spiro atoms. The van der Waals surface area contributed by atoms with Crippen LogP contribution in [-0.4, -0.2) is 71.4 Å². The summed E-state index contributed by atoms with van der Waals surface area (Å²) in [4.78, 5) is 19.9. The summed E-state index contributed by atoms with van der Waals surface area (Å²) in [5.74, 6) is 1.26. The van der Waals surface area contributed by atoms with Gasteiger partial charge in [-0.1, -0.05) is 12.1 Å². The highest BCUT2D eigenvalue weighted by atomic mass is 32.2. The average Bonchev–Trinajstić information content (AvgIpc) is 3.11. The maximum atomic E-state index is 11.9. The van der Waals surface area contributed by atoms with Crippen LogP contribution < -0.4 is 0 Å². The quantitative estimate of drug-likeness (QED) is 0.699. The number of hydrogen-bond acceptors (Lipinski definition) is 7. The van der Waals surface area contributed by atoms with Crippen molar-refractivity contribution >= 4 is 15.7 Å². The maximum absolute atomic E-state index is 11.9. The van der Waals surface area contributed by atoms with Crippen molar-refractivity contribution in [3.8, 4) is 0 Å². The SMILES string of the molecule is CCS(=O)(=O)CCN1CC[C@H](N(Cc2noc(C)n2)C(C)=O)C1. The highest BCUT2D eigenvalue weighted by molar-refractivity contribution is 7.91. The van der Waals surface area contributed by atoms with Crippen LogP contribution in [0.3, 0.4) is 0 Å². The number of carbonyl (C=O) groups excluding carboxylic acids is 1. The molecule has 1 aliphatic heterocycles. The Morgan fingerprint density at radius 1 is 1.48 bits per heavy atom. The lowest BCUT2D eigenvalue weighted by Crippen LogP contribution is -2.41. The Hall–Kier alpha value is -1.48. The van der Waals surface area contributed by atoms with Gasteiger partial charge < -0.3 is 14.3 Å². The topological polar surface area (TPSA) is 96.6 Å². The second-order valence-electron chi connectivity index (χ2n) is 5.86. The molecule has 0 aliphatic carbocycles. The predicted octanol–water partition coefficient (Wildman–Crippen LogP) is 0.236. The molecule has 1 amide bonds. The van der Waals surface area contributed by atoms with E-state index in [9.17, 15) is 13.2 Å². The van der Waals surface area contributed by atoms with Crippen molar-refractivity contribution in [2.24, 2.45) is 0 Å². The number of hydrogen-bond donors (Lipinski definition) is 0. The molecule has 1 aromatic heterocycles. The largest absolute Gasteiger partial charge is 0.340 e. The van der Waals surface area contributed by atoms with Gasteiger partial charge in [0.25, 0.3) is 0 Å². The van der Waals surface area contributed by atoms with Crippen LogP contribution in [0.2, 0.25) is 0 Å². The van der Waals surface area contributed by atoms with E-state index in [0.717, 1.165) is 13.0 Å². The van der Waals surface area contributed by atoms with Gasteiger partial charge in [0.2, 0.25) is 11.8 Å². The average molecular weight is 344 g/mol. The molecular weight excluding hydrogens is 320 g/mol. The van der Waals surface area contributed by atoms with Gasteiger partial charge >= 0.3 is 0 Å². The molecule has 1 fully saturated rings. The molecule has 0 aromatic carbocycles. The van der Waals surface area contributed by atoms with Gasteiger partial charge in [0.1, 0.15) is 0 Å². The minimum absolute atomic E-state index is 0.0412. The first-order valence-electron chi connectivity index (χ1n) is 7.80. The molecule has 23 heavy (non-hydrogen) atoms. The zero-order chi connectivity index (χ0) is 17.0. The number of carbonyl (C=O) groups is 1. The molecule has 0 N–H and O–H groups in total. The maximum Gasteiger partial charge on any atom is 0.223 e. The zero-order valence-electron chi connectivity index (χ0n) is 13.9. The van der Waals surface area contributed by atoms with Gasteiger partial charge in [-0.2, -0.15) is 4.98 Å². The van der Waals surface area contributed by atoms with Crippen molar-refractivity contribution in [1.29, 1.82) is 0 Å². The summed E-state index contributed by atoms with van der Waals surface area (Å²) in [6.45, 7) is 7.19. The molecule has 130 valence electrons. The van der Waals surface area contributed by atoms with Crippen molar-refractivity contribution in [3.05, 3.63) is 11.7 Å². The molecule has 2 rings (SSSR count). The van der Waals surface area contributed by atoms with Crippen LogP contribution >= 0.6 is 0 Å². The third kappa shape index (κ3) is 5.00. The number of sulfone groups is 1. The van der Waals surface area contributed by atoms with Crippen molar-refractivity contribution in [3.63, 3.8) is 0 Å². The monoisotopic (exact) mass is 344 g/mol. The fourth-order valence-corrected chi connectivity index (χ4v) is 3.56. The Kier molecular flexibility index (Phi) is 5.74. The molecule has 0 radical (unpaired) electrons. The summed E-state index contributed by atoms with van der Waals surface area (Å²) in [6.07, 6.45) is 0.822. The van der Waals surface area contributed by atoms with Crippen molar-refractivity contribution in [1.82, 2.24) is 19.9 Å². The minimum atomic E-state index is -2.96. The number of aromatic nitrogens is 2. The highest BCUT2D eigenvalue weighted by Gasteiger charge is 2.30. The molecule has 1 aromatic rings. The molecule has 8 nitrogen and oxygen atoms in total. The van der Waals surface area contributed by atoms with Crippen LogP contribution in [0, 0.1) is 6.92 Å². The molecule has 1 saturated heterocycles. The molecule has 1 atom stereocenters. The molecule has 0 saturated carbocycles. The normalized spacial score (nSPS) is 19.2. The minimum Gasteiger partial charge on any atom is -0.340 e. The van der Waals surface area contributed by atoms with Crippen LogP contribution in [0.5, 0.6) is 0 Å². The summed E-state index contributed by atoms with van der Waals surface area (Å²) in [5.41, 5.74) is 0. The Morgan fingerprint density at radius 3 is 2.78 bits per heavy atom. The molecule has 1 aliphatic rings. The standard InChI is InChI=1S/C14H24N4O4S/c1-4-23(20,21)8-7-17-6-5-13(9-17)18(12(3)19)10-14-15-11(2)22-16-14/h13H,4-10H2,1-3H3/t13-/m0/s1. The smallest absolute Gasteiger partial charge is 0.223 e. The summed E-state index contributed by atoms with van der Waals surface area (Å²) in [5, 5.41) is 3.84. The van der Waals surface area contributed by atoms with Gasteiger partial charge in [-0.05, 0) is 6.42 Å². The summed E-state index contributed by atoms with van der Waals surface area (Å²) >= 11 is 0. The van der Waals surface area contributed by atoms with E-state index in [-0.39, 0.29) is 23.5 Å². The Labute approximate surface area is 136 Å². The van der Waals surface area contributed by atoms with E-state index in [1.165, 1.54) is 6.92 Å². The van der Waals surface area contributed by atoms with Gasteiger partial charge in [-0.25, -0.2) is 8.42 Å². The Bertz CT molecular complexity index is 643. The third-order valence-electron chi connectivity index (χ3n) is 4.13. The lowest BCUT2D eigenvalue weighted by molar-refractivity contribution is -0.131. The zero-order valence-corrected chi connectivity index (χ0v) is 14.7. The number of aryl methyl sites for hydroxylation is 1. The molecule has 0 bridgehead atoms. The van der Waals surface area contributed by atoms with Crippen molar-refractivity contribution in [2.45, 2.75) is 39.8 Å². The molecule has 9 heteroatoms. The van der Waals surface area contributed by atoms with E-state index in [4.69, 9.17) is 4.52 Å². The van der Waals surface area contributed by atoms with Gasteiger partial charge in [-0.15, -0.1) is 0 Å². The van der Waals surface area contributed by atoms with Crippen LogP contribution in [-0.2, 0) is 21.2 Å². The molecular formula is C14H24N4O4S. The van der Waals surface area contributed by atoms with Crippen molar-refractivity contribution in [2.75, 3.05) is 31.1 Å². The number of amides is 1. The van der Waals surface area contributed by atoms with Crippen LogP contribution in [0.4, 0.5) is 0 Å². The Morgan fingerprint density at radius 2 is 2.22 bits per heavy atom.